The minimum atomic E-state index is -0.655. The van der Waals surface area contributed by atoms with Crippen molar-refractivity contribution in [3.05, 3.63) is 29.3 Å². The number of carbonyl (C=O) groups is 1. The van der Waals surface area contributed by atoms with Crippen molar-refractivity contribution in [2.24, 2.45) is 11.8 Å². The van der Waals surface area contributed by atoms with Crippen LogP contribution in [0.1, 0.15) is 24.0 Å². The summed E-state index contributed by atoms with van der Waals surface area (Å²) in [6.07, 6.45) is 3.00. The highest BCUT2D eigenvalue weighted by molar-refractivity contribution is 5.73. The molecule has 4 nitrogen and oxygen atoms in total. The van der Waals surface area contributed by atoms with E-state index in [4.69, 9.17) is 9.84 Å². The topological polar surface area (TPSA) is 58.6 Å². The van der Waals surface area contributed by atoms with Crippen LogP contribution in [0.5, 0.6) is 5.75 Å². The van der Waals surface area contributed by atoms with Gasteiger partial charge in [0.05, 0.1) is 12.5 Å². The van der Waals surface area contributed by atoms with Gasteiger partial charge in [0.25, 0.3) is 0 Å². The number of aliphatic carboxylic acids is 1. The lowest BCUT2D eigenvalue weighted by Gasteiger charge is -2.18. The number of carboxylic acid groups (broad SMARTS) is 1. The predicted molar refractivity (Wildman–Crippen MR) is 71.2 cm³/mol. The largest absolute Gasteiger partial charge is 0.493 e. The Morgan fingerprint density at radius 2 is 2.37 bits per heavy atom. The maximum absolute atomic E-state index is 10.7. The molecule has 0 radical (unpaired) electrons. The highest BCUT2D eigenvalue weighted by atomic mass is 16.5. The molecule has 2 atom stereocenters. The van der Waals surface area contributed by atoms with E-state index >= 15 is 0 Å². The summed E-state index contributed by atoms with van der Waals surface area (Å²) in [4.78, 5) is 10.7. The van der Waals surface area contributed by atoms with Crippen LogP contribution in [-0.4, -0.2) is 24.2 Å². The highest BCUT2D eigenvalue weighted by Crippen LogP contribution is 2.37. The third-order valence-electron chi connectivity index (χ3n) is 3.95. The monoisotopic (exact) mass is 261 g/mol. The van der Waals surface area contributed by atoms with Crippen molar-refractivity contribution in [1.29, 1.82) is 0 Å². The molecule has 3 rings (SSSR count). The number of hydrogen-bond acceptors (Lipinski definition) is 3. The Kier molecular flexibility index (Phi) is 3.42. The molecule has 2 N–H and O–H groups in total. The Balaban J connectivity index is 1.49. The minimum absolute atomic E-state index is 0.121. The summed E-state index contributed by atoms with van der Waals surface area (Å²) in [5.74, 6) is 0.559. The molecule has 0 spiro atoms. The first-order valence-corrected chi connectivity index (χ1v) is 6.92. The zero-order valence-corrected chi connectivity index (χ0v) is 10.9. The molecule has 1 aliphatic carbocycles. The summed E-state index contributed by atoms with van der Waals surface area (Å²) in [6, 6.07) is 6.32. The van der Waals surface area contributed by atoms with Gasteiger partial charge in [0, 0.05) is 6.54 Å². The molecule has 0 saturated heterocycles. The van der Waals surface area contributed by atoms with E-state index in [0.29, 0.717) is 5.92 Å². The van der Waals surface area contributed by atoms with Gasteiger partial charge in [-0.15, -0.1) is 0 Å². The van der Waals surface area contributed by atoms with Crippen LogP contribution in [-0.2, 0) is 17.8 Å². The summed E-state index contributed by atoms with van der Waals surface area (Å²) >= 11 is 0. The van der Waals surface area contributed by atoms with Crippen molar-refractivity contribution >= 4 is 5.97 Å². The van der Waals surface area contributed by atoms with Gasteiger partial charge in [0.15, 0.2) is 0 Å². The molecule has 1 aliphatic heterocycles. The van der Waals surface area contributed by atoms with Crippen LogP contribution in [0.2, 0.25) is 0 Å². The summed E-state index contributed by atoms with van der Waals surface area (Å²) in [6.45, 7) is 2.42. The maximum Gasteiger partial charge on any atom is 0.306 e. The van der Waals surface area contributed by atoms with Crippen LogP contribution in [0.25, 0.3) is 0 Å². The van der Waals surface area contributed by atoms with E-state index in [-0.39, 0.29) is 5.92 Å². The summed E-state index contributed by atoms with van der Waals surface area (Å²) in [7, 11) is 0. The summed E-state index contributed by atoms with van der Waals surface area (Å²) in [5.41, 5.74) is 2.54. The molecule has 1 saturated carbocycles. The molecular weight excluding hydrogens is 242 g/mol. The van der Waals surface area contributed by atoms with Crippen molar-refractivity contribution in [3.8, 4) is 5.75 Å². The molecule has 1 aromatic rings. The third kappa shape index (κ3) is 2.89. The van der Waals surface area contributed by atoms with Crippen molar-refractivity contribution in [3.63, 3.8) is 0 Å². The zero-order valence-electron chi connectivity index (χ0n) is 10.9. The van der Waals surface area contributed by atoms with Crippen LogP contribution in [0, 0.1) is 11.8 Å². The number of benzene rings is 1. The number of carboxylic acids is 1. The fourth-order valence-corrected chi connectivity index (χ4v) is 2.70. The zero-order chi connectivity index (χ0) is 13.2. The summed E-state index contributed by atoms with van der Waals surface area (Å²) < 4.78 is 5.59. The first kappa shape index (κ1) is 12.5. The van der Waals surface area contributed by atoms with Crippen LogP contribution in [0.4, 0.5) is 0 Å². The Hall–Kier alpha value is -1.55. The normalized spacial score (nSPS) is 24.4. The van der Waals surface area contributed by atoms with Gasteiger partial charge in [-0.1, -0.05) is 12.1 Å². The van der Waals surface area contributed by atoms with E-state index in [1.165, 1.54) is 11.1 Å². The first-order chi connectivity index (χ1) is 9.24. The highest BCUT2D eigenvalue weighted by Gasteiger charge is 2.42. The molecule has 0 amide bonds. The molecule has 0 aromatic heterocycles. The van der Waals surface area contributed by atoms with E-state index in [1.54, 1.807) is 0 Å². The number of rotatable bonds is 5. The van der Waals surface area contributed by atoms with Crippen molar-refractivity contribution in [1.82, 2.24) is 5.32 Å². The van der Waals surface area contributed by atoms with Gasteiger partial charge in [0.2, 0.25) is 0 Å². The average molecular weight is 261 g/mol. The van der Waals surface area contributed by atoms with E-state index < -0.39 is 5.97 Å². The van der Waals surface area contributed by atoms with E-state index in [2.05, 4.69) is 17.4 Å². The number of fused-ring (bicyclic) bond motifs is 1. The number of nitrogens with one attached hydrogen (secondary N) is 1. The van der Waals surface area contributed by atoms with Gasteiger partial charge in [-0.05, 0) is 48.9 Å². The second-order valence-electron chi connectivity index (χ2n) is 5.47. The second kappa shape index (κ2) is 5.21. The fourth-order valence-electron chi connectivity index (χ4n) is 2.70. The van der Waals surface area contributed by atoms with Crippen LogP contribution in [0.15, 0.2) is 18.2 Å². The molecule has 1 fully saturated rings. The molecule has 102 valence electrons. The van der Waals surface area contributed by atoms with Crippen LogP contribution in [0.3, 0.4) is 0 Å². The quantitative estimate of drug-likeness (QED) is 0.849. The van der Waals surface area contributed by atoms with E-state index in [1.807, 2.05) is 6.07 Å². The average Bonchev–Trinajstić information content (AvgIpc) is 3.18. The molecule has 19 heavy (non-hydrogen) atoms. The molecule has 1 heterocycles. The predicted octanol–water partition coefficient (Wildman–Crippen LogP) is 1.82. The maximum atomic E-state index is 10.7. The van der Waals surface area contributed by atoms with Crippen LogP contribution < -0.4 is 10.1 Å². The molecule has 0 bridgehead atoms. The van der Waals surface area contributed by atoms with E-state index in [9.17, 15) is 4.79 Å². The Labute approximate surface area is 112 Å². The lowest BCUT2D eigenvalue weighted by Crippen LogP contribution is -2.18. The third-order valence-corrected chi connectivity index (χ3v) is 3.95. The number of aryl methyl sites for hydroxylation is 1. The lowest BCUT2D eigenvalue weighted by molar-refractivity contribution is -0.138. The van der Waals surface area contributed by atoms with Gasteiger partial charge in [-0.3, -0.25) is 4.79 Å². The smallest absolute Gasteiger partial charge is 0.306 e. The fraction of sp³-hybridized carbons (Fsp3) is 0.533. The number of hydrogen-bond donors (Lipinski definition) is 2. The first-order valence-electron chi connectivity index (χ1n) is 6.92. The van der Waals surface area contributed by atoms with Crippen molar-refractivity contribution in [2.45, 2.75) is 25.8 Å². The van der Waals surface area contributed by atoms with E-state index in [0.717, 1.165) is 44.7 Å². The Morgan fingerprint density at radius 3 is 3.16 bits per heavy atom. The van der Waals surface area contributed by atoms with Gasteiger partial charge in [-0.25, -0.2) is 0 Å². The Bertz CT molecular complexity index is 486. The standard InChI is InChI=1S/C15H19NO3/c17-15(18)13-7-12(13)9-16-8-10-3-4-14-11(6-10)2-1-5-19-14/h3-4,6,12-13,16H,1-2,5,7-9H2,(H,17,18). The minimum Gasteiger partial charge on any atom is -0.493 e. The molecular formula is C15H19NO3. The van der Waals surface area contributed by atoms with Crippen LogP contribution >= 0.6 is 0 Å². The number of ether oxygens (including phenoxy) is 1. The Morgan fingerprint density at radius 1 is 1.47 bits per heavy atom. The molecule has 2 unspecified atom stereocenters. The van der Waals surface area contributed by atoms with Gasteiger partial charge >= 0.3 is 5.97 Å². The molecule has 4 heteroatoms. The van der Waals surface area contributed by atoms with Crippen molar-refractivity contribution in [2.75, 3.05) is 13.2 Å². The lowest BCUT2D eigenvalue weighted by atomic mass is 10.0. The van der Waals surface area contributed by atoms with Gasteiger partial charge in [0.1, 0.15) is 5.75 Å². The van der Waals surface area contributed by atoms with Gasteiger partial charge < -0.3 is 15.2 Å². The summed E-state index contributed by atoms with van der Waals surface area (Å²) in [5, 5.41) is 12.2. The molecule has 1 aromatic carbocycles. The SMILES string of the molecule is O=C(O)C1CC1CNCc1ccc2c(c1)CCCO2. The van der Waals surface area contributed by atoms with Crippen molar-refractivity contribution < 1.29 is 14.6 Å². The second-order valence-corrected chi connectivity index (χ2v) is 5.47. The molecule has 2 aliphatic rings. The van der Waals surface area contributed by atoms with Gasteiger partial charge in [-0.2, -0.15) is 0 Å².